The minimum atomic E-state index is -1.15. The first-order valence-electron chi connectivity index (χ1n) is 9.55. The number of halogens is 2. The molecule has 0 fully saturated rings. The van der Waals surface area contributed by atoms with Crippen molar-refractivity contribution >= 4 is 52.3 Å². The fraction of sp³-hybridized carbons (Fsp3) is 0.0833. The van der Waals surface area contributed by atoms with Crippen molar-refractivity contribution in [3.63, 3.8) is 0 Å². The lowest BCUT2D eigenvalue weighted by atomic mass is 9.84. The van der Waals surface area contributed by atoms with Crippen molar-refractivity contribution in [2.45, 2.75) is 13.0 Å². The molecule has 0 spiro atoms. The number of carbonyl (C=O) groups excluding carboxylic acids is 4. The van der Waals surface area contributed by atoms with Gasteiger partial charge in [-0.05, 0) is 43.3 Å². The molecule has 0 aliphatic heterocycles. The maximum Gasteiger partial charge on any atom is 0.340 e. The van der Waals surface area contributed by atoms with Gasteiger partial charge in [0.25, 0.3) is 5.91 Å². The normalized spacial score (nSPS) is 13.1. The van der Waals surface area contributed by atoms with Gasteiger partial charge in [-0.1, -0.05) is 47.5 Å². The number of ether oxygens (including phenoxy) is 1. The van der Waals surface area contributed by atoms with Gasteiger partial charge in [-0.3, -0.25) is 14.4 Å². The highest BCUT2D eigenvalue weighted by atomic mass is 35.5. The summed E-state index contributed by atoms with van der Waals surface area (Å²) in [5.41, 5.74) is 1.50. The summed E-state index contributed by atoms with van der Waals surface area (Å²) in [6.45, 7) is 1.40. The number of fused-ring (bicyclic) bond motifs is 2. The van der Waals surface area contributed by atoms with Crippen LogP contribution < -0.4 is 5.32 Å². The number of nitrogens with one attached hydrogen (secondary N) is 1. The molecule has 1 unspecified atom stereocenters. The van der Waals surface area contributed by atoms with Gasteiger partial charge in [0.1, 0.15) is 0 Å². The molecule has 0 saturated carbocycles. The Morgan fingerprint density at radius 1 is 0.844 bits per heavy atom. The maximum atomic E-state index is 12.8. The van der Waals surface area contributed by atoms with Crippen LogP contribution in [-0.2, 0) is 9.53 Å². The second-order valence-electron chi connectivity index (χ2n) is 7.13. The molecule has 0 aromatic heterocycles. The third kappa shape index (κ3) is 4.02. The van der Waals surface area contributed by atoms with Crippen molar-refractivity contribution in [3.05, 3.63) is 98.5 Å². The predicted octanol–water partition coefficient (Wildman–Crippen LogP) is 4.95. The second kappa shape index (κ2) is 8.57. The molecule has 32 heavy (non-hydrogen) atoms. The lowest BCUT2D eigenvalue weighted by Gasteiger charge is -2.19. The molecule has 160 valence electrons. The molecule has 3 aromatic carbocycles. The van der Waals surface area contributed by atoms with Crippen LogP contribution in [-0.4, -0.2) is 29.5 Å². The van der Waals surface area contributed by atoms with Crippen LogP contribution in [0.3, 0.4) is 0 Å². The monoisotopic (exact) mass is 467 g/mol. The number of amides is 1. The topological polar surface area (TPSA) is 89.5 Å². The van der Waals surface area contributed by atoms with Gasteiger partial charge < -0.3 is 10.1 Å². The zero-order valence-electron chi connectivity index (χ0n) is 16.6. The van der Waals surface area contributed by atoms with E-state index in [1.54, 1.807) is 24.3 Å². The summed E-state index contributed by atoms with van der Waals surface area (Å²) < 4.78 is 5.19. The average molecular weight is 468 g/mol. The summed E-state index contributed by atoms with van der Waals surface area (Å²) in [4.78, 5) is 50.4. The molecule has 0 heterocycles. The largest absolute Gasteiger partial charge is 0.449 e. The maximum absolute atomic E-state index is 12.8. The summed E-state index contributed by atoms with van der Waals surface area (Å²) in [7, 11) is 0. The molecule has 4 rings (SSSR count). The smallest absolute Gasteiger partial charge is 0.340 e. The van der Waals surface area contributed by atoms with Gasteiger partial charge in [0, 0.05) is 33.0 Å². The summed E-state index contributed by atoms with van der Waals surface area (Å²) in [5, 5.41) is 3.06. The van der Waals surface area contributed by atoms with E-state index in [9.17, 15) is 19.2 Å². The third-order valence-electron chi connectivity index (χ3n) is 5.00. The van der Waals surface area contributed by atoms with Crippen LogP contribution in [0.5, 0.6) is 0 Å². The number of anilines is 1. The van der Waals surface area contributed by atoms with Gasteiger partial charge in [-0.2, -0.15) is 0 Å². The summed E-state index contributed by atoms with van der Waals surface area (Å²) in [6, 6.07) is 15.3. The van der Waals surface area contributed by atoms with Crippen LogP contribution >= 0.6 is 23.2 Å². The highest BCUT2D eigenvalue weighted by molar-refractivity contribution is 6.36. The zero-order chi connectivity index (χ0) is 23.0. The first-order valence-corrected chi connectivity index (χ1v) is 10.3. The molecular weight excluding hydrogens is 453 g/mol. The van der Waals surface area contributed by atoms with E-state index in [2.05, 4.69) is 5.32 Å². The molecule has 3 aromatic rings. The van der Waals surface area contributed by atoms with Gasteiger partial charge in [0.05, 0.1) is 10.6 Å². The van der Waals surface area contributed by atoms with E-state index in [0.29, 0.717) is 21.8 Å². The van der Waals surface area contributed by atoms with Gasteiger partial charge in [-0.15, -0.1) is 0 Å². The predicted molar refractivity (Wildman–Crippen MR) is 120 cm³/mol. The van der Waals surface area contributed by atoms with Crippen molar-refractivity contribution in [3.8, 4) is 0 Å². The van der Waals surface area contributed by atoms with Crippen LogP contribution in [0.25, 0.3) is 0 Å². The lowest BCUT2D eigenvalue weighted by molar-refractivity contribution is -0.123. The Morgan fingerprint density at radius 2 is 1.47 bits per heavy atom. The van der Waals surface area contributed by atoms with Crippen LogP contribution in [0, 0.1) is 0 Å². The van der Waals surface area contributed by atoms with E-state index in [1.165, 1.54) is 43.3 Å². The molecule has 1 N–H and O–H groups in total. The Morgan fingerprint density at radius 3 is 2.12 bits per heavy atom. The minimum Gasteiger partial charge on any atom is -0.449 e. The zero-order valence-corrected chi connectivity index (χ0v) is 18.2. The summed E-state index contributed by atoms with van der Waals surface area (Å²) in [6.07, 6.45) is -1.15. The van der Waals surface area contributed by atoms with Gasteiger partial charge in [-0.25, -0.2) is 4.79 Å². The van der Waals surface area contributed by atoms with Crippen LogP contribution in [0.1, 0.15) is 49.1 Å². The first-order chi connectivity index (χ1) is 15.3. The van der Waals surface area contributed by atoms with Gasteiger partial charge in [0.2, 0.25) is 0 Å². The van der Waals surface area contributed by atoms with Crippen molar-refractivity contribution in [1.82, 2.24) is 0 Å². The van der Waals surface area contributed by atoms with E-state index in [1.807, 2.05) is 0 Å². The van der Waals surface area contributed by atoms with E-state index in [0.717, 1.165) is 0 Å². The van der Waals surface area contributed by atoms with Crippen LogP contribution in [0.2, 0.25) is 10.0 Å². The van der Waals surface area contributed by atoms with Crippen LogP contribution in [0.4, 0.5) is 5.69 Å². The number of benzene rings is 3. The molecule has 1 aliphatic carbocycles. The quantitative estimate of drug-likeness (QED) is 0.428. The standard InChI is InChI=1S/C24H15Cl2NO5/c1-12(32-24(31)18-8-6-13(25)10-20(18)26)23(30)27-14-7-9-17-19(11-14)22(29)16-5-3-2-4-15(16)21(17)28/h2-12H,1H3,(H,27,30). The Labute approximate surface area is 193 Å². The van der Waals surface area contributed by atoms with Crippen molar-refractivity contribution in [2.75, 3.05) is 5.32 Å². The van der Waals surface area contributed by atoms with E-state index in [-0.39, 0.29) is 33.3 Å². The molecular formula is C24H15Cl2NO5. The highest BCUT2D eigenvalue weighted by Crippen LogP contribution is 2.29. The molecule has 8 heteroatoms. The highest BCUT2D eigenvalue weighted by Gasteiger charge is 2.30. The van der Waals surface area contributed by atoms with Crippen LogP contribution in [0.15, 0.2) is 60.7 Å². The number of hydrogen-bond donors (Lipinski definition) is 1. The molecule has 0 saturated heterocycles. The fourth-order valence-electron chi connectivity index (χ4n) is 3.35. The van der Waals surface area contributed by atoms with E-state index < -0.39 is 18.0 Å². The fourth-order valence-corrected chi connectivity index (χ4v) is 3.84. The molecule has 1 atom stereocenters. The molecule has 0 radical (unpaired) electrons. The summed E-state index contributed by atoms with van der Waals surface area (Å²) >= 11 is 11.8. The molecule has 6 nitrogen and oxygen atoms in total. The third-order valence-corrected chi connectivity index (χ3v) is 5.54. The number of esters is 1. The average Bonchev–Trinajstić information content (AvgIpc) is 2.77. The van der Waals surface area contributed by atoms with Crippen molar-refractivity contribution in [2.24, 2.45) is 0 Å². The SMILES string of the molecule is CC(OC(=O)c1ccc(Cl)cc1Cl)C(=O)Nc1ccc2c(c1)C(=O)c1ccccc1C2=O. The Kier molecular flexibility index (Phi) is 5.82. The van der Waals surface area contributed by atoms with Crippen molar-refractivity contribution in [1.29, 1.82) is 0 Å². The van der Waals surface area contributed by atoms with Crippen molar-refractivity contribution < 1.29 is 23.9 Å². The van der Waals surface area contributed by atoms with E-state index >= 15 is 0 Å². The van der Waals surface area contributed by atoms with E-state index in [4.69, 9.17) is 27.9 Å². The van der Waals surface area contributed by atoms with Gasteiger partial charge >= 0.3 is 5.97 Å². The number of hydrogen-bond acceptors (Lipinski definition) is 5. The Bertz CT molecular complexity index is 1300. The molecule has 0 bridgehead atoms. The number of carbonyl (C=O) groups is 4. The molecule has 1 aliphatic rings. The molecule has 1 amide bonds. The summed E-state index contributed by atoms with van der Waals surface area (Å²) in [5.74, 6) is -1.95. The number of ketones is 2. The number of rotatable bonds is 4. The Hall–Kier alpha value is -3.48. The first kappa shape index (κ1) is 21.7. The van der Waals surface area contributed by atoms with Gasteiger partial charge in [0.15, 0.2) is 17.7 Å². The minimum absolute atomic E-state index is 0.0762. The second-order valence-corrected chi connectivity index (χ2v) is 7.97. The lowest BCUT2D eigenvalue weighted by Crippen LogP contribution is -2.30. The Balaban J connectivity index is 1.50.